The Balaban J connectivity index is 2.19. The number of rotatable bonds is 3. The molecule has 0 aliphatic carbocycles. The Bertz CT molecular complexity index is 924. The van der Waals surface area contributed by atoms with E-state index in [0.717, 1.165) is 5.01 Å². The summed E-state index contributed by atoms with van der Waals surface area (Å²) < 4.78 is 1.25. The molecule has 24 heavy (non-hydrogen) atoms. The molecule has 0 bridgehead atoms. The average Bonchev–Trinajstić information content (AvgIpc) is 2.58. The molecule has 0 atom stereocenters. The average molecular weight is 363 g/mol. The lowest BCUT2D eigenvalue weighted by atomic mass is 10.2. The van der Waals surface area contributed by atoms with Crippen LogP contribution in [0, 0.1) is 0 Å². The smallest absolute Gasteiger partial charge is 0.279 e. The summed E-state index contributed by atoms with van der Waals surface area (Å²) in [7, 11) is 1.53. The number of hydrogen-bond acceptors (Lipinski definition) is 6. The van der Waals surface area contributed by atoms with Crippen LogP contribution < -0.4 is 16.5 Å². The molecule has 0 aliphatic rings. The highest BCUT2D eigenvalue weighted by Gasteiger charge is 2.18. The summed E-state index contributed by atoms with van der Waals surface area (Å²) in [5, 5.41) is 1.85. The summed E-state index contributed by atoms with van der Waals surface area (Å²) >= 11 is 12.4. The Morgan fingerprint density at radius 3 is 2.42 bits per heavy atom. The van der Waals surface area contributed by atoms with Crippen molar-refractivity contribution in [2.24, 2.45) is 12.9 Å². The van der Waals surface area contributed by atoms with Gasteiger partial charge in [-0.1, -0.05) is 35.3 Å². The standard InChI is InChI=1S/C15H12Cl2N6O/c1-22-13(12-9(16)5-4-6-10(12)17)20-14(21-15(22)24)23(18)11-7-2-3-8-19-11/h2-8H,18H2,1H3. The van der Waals surface area contributed by atoms with Crippen LogP contribution in [0.1, 0.15) is 0 Å². The molecule has 7 nitrogen and oxygen atoms in total. The second kappa shape index (κ2) is 6.56. The van der Waals surface area contributed by atoms with E-state index in [-0.39, 0.29) is 11.8 Å². The minimum atomic E-state index is -0.544. The molecule has 0 amide bonds. The van der Waals surface area contributed by atoms with E-state index in [1.165, 1.54) is 11.6 Å². The van der Waals surface area contributed by atoms with Gasteiger partial charge in [0.05, 0.1) is 15.6 Å². The van der Waals surface area contributed by atoms with E-state index in [9.17, 15) is 4.79 Å². The lowest BCUT2D eigenvalue weighted by molar-refractivity contribution is 0.770. The maximum absolute atomic E-state index is 12.2. The number of anilines is 2. The third-order valence-electron chi connectivity index (χ3n) is 3.30. The number of pyridine rings is 1. The normalized spacial score (nSPS) is 10.7. The SMILES string of the molecule is Cn1c(-c2c(Cl)cccc2Cl)nc(N(N)c2ccccn2)nc1=O. The van der Waals surface area contributed by atoms with Crippen LogP contribution in [-0.2, 0) is 7.05 Å². The van der Waals surface area contributed by atoms with Crippen LogP contribution in [0.2, 0.25) is 10.0 Å². The minimum absolute atomic E-state index is 0.0113. The van der Waals surface area contributed by atoms with Gasteiger partial charge in [-0.15, -0.1) is 0 Å². The van der Waals surface area contributed by atoms with Gasteiger partial charge in [-0.3, -0.25) is 4.57 Å². The van der Waals surface area contributed by atoms with Crippen molar-refractivity contribution in [2.45, 2.75) is 0 Å². The van der Waals surface area contributed by atoms with Crippen molar-refractivity contribution in [3.63, 3.8) is 0 Å². The van der Waals surface area contributed by atoms with Gasteiger partial charge in [0, 0.05) is 13.2 Å². The fourth-order valence-corrected chi connectivity index (χ4v) is 2.65. The Hall–Kier alpha value is -2.48. The van der Waals surface area contributed by atoms with E-state index in [4.69, 9.17) is 29.0 Å². The van der Waals surface area contributed by atoms with E-state index in [2.05, 4.69) is 15.0 Å². The zero-order valence-corrected chi connectivity index (χ0v) is 14.0. The van der Waals surface area contributed by atoms with E-state index >= 15 is 0 Å². The number of nitrogens with two attached hydrogens (primary N) is 1. The maximum Gasteiger partial charge on any atom is 0.352 e. The summed E-state index contributed by atoms with van der Waals surface area (Å²) in [6, 6.07) is 10.2. The minimum Gasteiger partial charge on any atom is -0.279 e. The highest BCUT2D eigenvalue weighted by atomic mass is 35.5. The molecule has 0 aliphatic heterocycles. The molecule has 0 saturated heterocycles. The predicted molar refractivity (Wildman–Crippen MR) is 93.3 cm³/mol. The van der Waals surface area contributed by atoms with Gasteiger partial charge in [0.2, 0.25) is 0 Å². The first-order valence-corrected chi connectivity index (χ1v) is 7.60. The van der Waals surface area contributed by atoms with Crippen molar-refractivity contribution >= 4 is 35.0 Å². The molecule has 122 valence electrons. The second-order valence-corrected chi connectivity index (χ2v) is 5.66. The van der Waals surface area contributed by atoms with Gasteiger partial charge < -0.3 is 0 Å². The number of aromatic nitrogens is 4. The van der Waals surface area contributed by atoms with Crippen LogP contribution in [0.15, 0.2) is 47.4 Å². The van der Waals surface area contributed by atoms with E-state index in [1.807, 2.05) is 0 Å². The topological polar surface area (TPSA) is 89.9 Å². The van der Waals surface area contributed by atoms with Gasteiger partial charge in [0.25, 0.3) is 5.95 Å². The highest BCUT2D eigenvalue weighted by Crippen LogP contribution is 2.33. The lowest BCUT2D eigenvalue weighted by Crippen LogP contribution is -2.33. The second-order valence-electron chi connectivity index (χ2n) is 4.84. The number of benzene rings is 1. The number of hydrazine groups is 1. The van der Waals surface area contributed by atoms with Crippen molar-refractivity contribution in [1.82, 2.24) is 19.5 Å². The monoisotopic (exact) mass is 362 g/mol. The van der Waals surface area contributed by atoms with Gasteiger partial charge in [-0.25, -0.2) is 20.6 Å². The molecule has 2 N–H and O–H groups in total. The van der Waals surface area contributed by atoms with E-state index in [0.29, 0.717) is 21.4 Å². The Morgan fingerprint density at radius 2 is 1.79 bits per heavy atom. The number of nitrogens with zero attached hydrogens (tertiary/aromatic N) is 5. The summed E-state index contributed by atoms with van der Waals surface area (Å²) in [6.07, 6.45) is 1.57. The molecule has 0 saturated carbocycles. The first-order chi connectivity index (χ1) is 11.5. The van der Waals surface area contributed by atoms with Gasteiger partial charge in [-0.05, 0) is 24.3 Å². The highest BCUT2D eigenvalue weighted by molar-refractivity contribution is 6.39. The molecule has 0 radical (unpaired) electrons. The van der Waals surface area contributed by atoms with Crippen molar-refractivity contribution in [3.05, 3.63) is 63.1 Å². The lowest BCUT2D eigenvalue weighted by Gasteiger charge is -2.17. The van der Waals surface area contributed by atoms with Crippen molar-refractivity contribution in [3.8, 4) is 11.4 Å². The molecule has 0 unspecified atom stereocenters. The Kier molecular flexibility index (Phi) is 4.48. The fourth-order valence-electron chi connectivity index (χ4n) is 2.09. The molecular weight excluding hydrogens is 351 g/mol. The third-order valence-corrected chi connectivity index (χ3v) is 3.93. The third kappa shape index (κ3) is 2.96. The van der Waals surface area contributed by atoms with Crippen LogP contribution in [-0.4, -0.2) is 19.5 Å². The molecule has 9 heteroatoms. The van der Waals surface area contributed by atoms with Gasteiger partial charge in [0.15, 0.2) is 5.82 Å². The number of hydrogen-bond donors (Lipinski definition) is 1. The van der Waals surface area contributed by atoms with E-state index in [1.54, 1.807) is 42.6 Å². The quantitative estimate of drug-likeness (QED) is 0.568. The molecule has 2 aromatic heterocycles. The maximum atomic E-state index is 12.2. The van der Waals surface area contributed by atoms with Gasteiger partial charge in [-0.2, -0.15) is 9.97 Å². The fraction of sp³-hybridized carbons (Fsp3) is 0.0667. The molecular formula is C15H12Cl2N6O. The summed E-state index contributed by atoms with van der Waals surface area (Å²) in [5.74, 6) is 6.63. The zero-order valence-electron chi connectivity index (χ0n) is 12.5. The van der Waals surface area contributed by atoms with Crippen LogP contribution in [0.3, 0.4) is 0 Å². The zero-order chi connectivity index (χ0) is 17.3. The van der Waals surface area contributed by atoms with E-state index < -0.39 is 5.69 Å². The Morgan fingerprint density at radius 1 is 1.08 bits per heavy atom. The van der Waals surface area contributed by atoms with Crippen LogP contribution in [0.5, 0.6) is 0 Å². The predicted octanol–water partition coefficient (Wildman–Crippen LogP) is 2.56. The van der Waals surface area contributed by atoms with Crippen molar-refractivity contribution < 1.29 is 0 Å². The van der Waals surface area contributed by atoms with Crippen LogP contribution in [0.25, 0.3) is 11.4 Å². The number of halogens is 2. The van der Waals surface area contributed by atoms with Crippen LogP contribution >= 0.6 is 23.2 Å². The largest absolute Gasteiger partial charge is 0.352 e. The molecule has 0 fully saturated rings. The van der Waals surface area contributed by atoms with Crippen molar-refractivity contribution in [1.29, 1.82) is 0 Å². The first-order valence-electron chi connectivity index (χ1n) is 6.84. The van der Waals surface area contributed by atoms with Crippen LogP contribution in [0.4, 0.5) is 11.8 Å². The molecule has 3 aromatic rings. The molecule has 0 spiro atoms. The van der Waals surface area contributed by atoms with Crippen molar-refractivity contribution in [2.75, 3.05) is 5.01 Å². The first kappa shape index (κ1) is 16.4. The molecule has 3 rings (SSSR count). The molecule has 2 heterocycles. The summed E-state index contributed by atoms with van der Waals surface area (Å²) in [5.41, 5.74) is -0.115. The molecule has 1 aromatic carbocycles. The summed E-state index contributed by atoms with van der Waals surface area (Å²) in [6.45, 7) is 0. The van der Waals surface area contributed by atoms with Gasteiger partial charge in [0.1, 0.15) is 5.82 Å². The summed E-state index contributed by atoms with van der Waals surface area (Å²) in [4.78, 5) is 24.5. The van der Waals surface area contributed by atoms with Gasteiger partial charge >= 0.3 is 5.69 Å². The Labute approximate surface area is 147 Å².